The van der Waals surface area contributed by atoms with Crippen molar-refractivity contribution >= 4 is 23.1 Å². The van der Waals surface area contributed by atoms with Crippen LogP contribution in [0.1, 0.15) is 13.8 Å². The smallest absolute Gasteiger partial charge is 0.168 e. The van der Waals surface area contributed by atoms with Crippen molar-refractivity contribution in [1.82, 2.24) is 0 Å². The highest BCUT2D eigenvalue weighted by molar-refractivity contribution is 6.32. The summed E-state index contributed by atoms with van der Waals surface area (Å²) in [5.41, 5.74) is 1.48. The molecule has 0 N–H and O–H groups in total. The van der Waals surface area contributed by atoms with Crippen LogP contribution in [-0.4, -0.2) is 17.4 Å². The van der Waals surface area contributed by atoms with Crippen LogP contribution in [0, 0.1) is 5.92 Å². The lowest BCUT2D eigenvalue weighted by Gasteiger charge is -2.14. The van der Waals surface area contributed by atoms with Crippen molar-refractivity contribution < 1.29 is 4.79 Å². The molecule has 3 heteroatoms. The van der Waals surface area contributed by atoms with Crippen LogP contribution in [-0.2, 0) is 4.79 Å². The van der Waals surface area contributed by atoms with Gasteiger partial charge in [-0.1, -0.05) is 0 Å². The minimum atomic E-state index is -0.127. The Hall–Kier alpha value is -0.630. The zero-order valence-corrected chi connectivity index (χ0v) is 7.35. The average Bonchev–Trinajstić information content (AvgIpc) is 2.01. The maximum atomic E-state index is 11.3. The lowest BCUT2D eigenvalue weighted by molar-refractivity contribution is -0.117. The average molecular weight is 172 g/mol. The SMILES string of the molecule is CC1=CN=C(CCl)C(C)C1=O. The van der Waals surface area contributed by atoms with Gasteiger partial charge >= 0.3 is 0 Å². The Labute approximate surface area is 71.0 Å². The number of ketones is 1. The van der Waals surface area contributed by atoms with E-state index in [1.165, 1.54) is 0 Å². The van der Waals surface area contributed by atoms with Crippen molar-refractivity contribution in [2.24, 2.45) is 10.9 Å². The molecule has 60 valence electrons. The van der Waals surface area contributed by atoms with Gasteiger partial charge in [0.25, 0.3) is 0 Å². The predicted molar refractivity (Wildman–Crippen MR) is 46.1 cm³/mol. The van der Waals surface area contributed by atoms with Gasteiger partial charge in [0.2, 0.25) is 0 Å². The van der Waals surface area contributed by atoms with Crippen LogP contribution in [0.2, 0.25) is 0 Å². The second-order valence-electron chi connectivity index (χ2n) is 2.65. The highest BCUT2D eigenvalue weighted by atomic mass is 35.5. The number of hydrogen-bond donors (Lipinski definition) is 0. The van der Waals surface area contributed by atoms with E-state index in [4.69, 9.17) is 11.6 Å². The number of nitrogens with zero attached hydrogens (tertiary/aromatic N) is 1. The van der Waals surface area contributed by atoms with Gasteiger partial charge in [0.1, 0.15) is 0 Å². The number of allylic oxidation sites excluding steroid dienone is 1. The maximum Gasteiger partial charge on any atom is 0.168 e. The molecule has 0 aliphatic carbocycles. The fourth-order valence-electron chi connectivity index (χ4n) is 0.998. The van der Waals surface area contributed by atoms with Crippen LogP contribution in [0.3, 0.4) is 0 Å². The Balaban J connectivity index is 2.93. The van der Waals surface area contributed by atoms with Crippen molar-refractivity contribution in [3.8, 4) is 0 Å². The van der Waals surface area contributed by atoms with Crippen molar-refractivity contribution in [1.29, 1.82) is 0 Å². The largest absolute Gasteiger partial charge is 0.294 e. The van der Waals surface area contributed by atoms with Gasteiger partial charge in [0, 0.05) is 17.5 Å². The van der Waals surface area contributed by atoms with Gasteiger partial charge < -0.3 is 0 Å². The van der Waals surface area contributed by atoms with Crippen LogP contribution < -0.4 is 0 Å². The number of halogens is 1. The van der Waals surface area contributed by atoms with E-state index < -0.39 is 0 Å². The van der Waals surface area contributed by atoms with E-state index in [1.54, 1.807) is 13.1 Å². The molecule has 1 aliphatic heterocycles. The summed E-state index contributed by atoms with van der Waals surface area (Å²) in [5, 5.41) is 0. The van der Waals surface area contributed by atoms with E-state index in [-0.39, 0.29) is 11.7 Å². The van der Waals surface area contributed by atoms with E-state index in [9.17, 15) is 4.79 Å². The summed E-state index contributed by atoms with van der Waals surface area (Å²) in [6, 6.07) is 0. The van der Waals surface area contributed by atoms with Crippen LogP contribution in [0.4, 0.5) is 0 Å². The van der Waals surface area contributed by atoms with Crippen molar-refractivity contribution in [3.63, 3.8) is 0 Å². The topological polar surface area (TPSA) is 29.4 Å². The summed E-state index contributed by atoms with van der Waals surface area (Å²) in [7, 11) is 0. The van der Waals surface area contributed by atoms with E-state index in [2.05, 4.69) is 4.99 Å². The summed E-state index contributed by atoms with van der Waals surface area (Å²) < 4.78 is 0. The monoisotopic (exact) mass is 171 g/mol. The van der Waals surface area contributed by atoms with E-state index in [0.29, 0.717) is 11.5 Å². The van der Waals surface area contributed by atoms with Crippen molar-refractivity contribution in [2.45, 2.75) is 13.8 Å². The third-order valence-electron chi connectivity index (χ3n) is 1.84. The number of alkyl halides is 1. The lowest BCUT2D eigenvalue weighted by Crippen LogP contribution is -2.25. The molecule has 0 aromatic carbocycles. The molecule has 0 spiro atoms. The normalized spacial score (nSPS) is 24.6. The Bertz CT molecular complexity index is 242. The first-order chi connectivity index (χ1) is 5.16. The molecule has 0 aromatic rings. The van der Waals surface area contributed by atoms with Gasteiger partial charge in [0.05, 0.1) is 11.8 Å². The second-order valence-corrected chi connectivity index (χ2v) is 2.92. The molecule has 0 saturated carbocycles. The minimum Gasteiger partial charge on any atom is -0.294 e. The summed E-state index contributed by atoms with van der Waals surface area (Å²) in [4.78, 5) is 15.3. The van der Waals surface area contributed by atoms with E-state index in [1.807, 2.05) is 6.92 Å². The van der Waals surface area contributed by atoms with Crippen LogP contribution in [0.25, 0.3) is 0 Å². The minimum absolute atomic E-state index is 0.127. The van der Waals surface area contributed by atoms with Crippen molar-refractivity contribution in [3.05, 3.63) is 11.8 Å². The first-order valence-electron chi connectivity index (χ1n) is 3.50. The van der Waals surface area contributed by atoms with Gasteiger partial charge in [-0.2, -0.15) is 0 Å². The number of carbonyl (C=O) groups is 1. The first kappa shape index (κ1) is 8.47. The number of hydrogen-bond acceptors (Lipinski definition) is 2. The molecule has 0 saturated heterocycles. The van der Waals surface area contributed by atoms with Crippen LogP contribution in [0.15, 0.2) is 16.8 Å². The fraction of sp³-hybridized carbons (Fsp3) is 0.500. The molecule has 0 fully saturated rings. The molecule has 0 amide bonds. The van der Waals surface area contributed by atoms with Gasteiger partial charge in [0.15, 0.2) is 5.78 Å². The standard InChI is InChI=1S/C8H10ClNO/c1-5-4-10-7(3-9)6(2)8(5)11/h4,6H,3H2,1-2H3. The highest BCUT2D eigenvalue weighted by Gasteiger charge is 2.22. The first-order valence-corrected chi connectivity index (χ1v) is 4.03. The Morgan fingerprint density at radius 3 is 2.91 bits per heavy atom. The molecule has 0 radical (unpaired) electrons. The summed E-state index contributed by atoms with van der Waals surface area (Å²) >= 11 is 5.58. The zero-order valence-electron chi connectivity index (χ0n) is 6.60. The Kier molecular flexibility index (Phi) is 2.45. The molecule has 1 heterocycles. The third-order valence-corrected chi connectivity index (χ3v) is 2.12. The fourth-order valence-corrected chi connectivity index (χ4v) is 1.30. The van der Waals surface area contributed by atoms with E-state index in [0.717, 1.165) is 5.71 Å². The molecular formula is C8H10ClNO. The van der Waals surface area contributed by atoms with Gasteiger partial charge in [-0.05, 0) is 13.8 Å². The zero-order chi connectivity index (χ0) is 8.43. The van der Waals surface area contributed by atoms with Crippen molar-refractivity contribution in [2.75, 3.05) is 5.88 Å². The van der Waals surface area contributed by atoms with Gasteiger partial charge in [-0.15, -0.1) is 11.6 Å². The van der Waals surface area contributed by atoms with Gasteiger partial charge in [-0.25, -0.2) is 0 Å². The lowest BCUT2D eigenvalue weighted by atomic mass is 9.95. The van der Waals surface area contributed by atoms with E-state index >= 15 is 0 Å². The molecule has 1 atom stereocenters. The Morgan fingerprint density at radius 2 is 2.36 bits per heavy atom. The number of aliphatic imine (C=N–C) groups is 1. The third kappa shape index (κ3) is 1.51. The molecule has 0 aromatic heterocycles. The number of Topliss-reactive ketones (excluding diaryl/α,β-unsaturated/α-hetero) is 1. The molecule has 2 nitrogen and oxygen atoms in total. The summed E-state index contributed by atoms with van der Waals surface area (Å²) in [5.74, 6) is 0.351. The summed E-state index contributed by atoms with van der Waals surface area (Å²) in [6.45, 7) is 3.60. The molecule has 1 unspecified atom stereocenters. The van der Waals surface area contributed by atoms with Crippen LogP contribution >= 0.6 is 11.6 Å². The molecule has 11 heavy (non-hydrogen) atoms. The molecular weight excluding hydrogens is 162 g/mol. The highest BCUT2D eigenvalue weighted by Crippen LogP contribution is 2.14. The molecule has 1 rings (SSSR count). The molecule has 1 aliphatic rings. The van der Waals surface area contributed by atoms with Crippen LogP contribution in [0.5, 0.6) is 0 Å². The number of rotatable bonds is 1. The van der Waals surface area contributed by atoms with Gasteiger partial charge in [-0.3, -0.25) is 9.79 Å². The predicted octanol–water partition coefficient (Wildman–Crippen LogP) is 1.79. The quantitative estimate of drug-likeness (QED) is 0.553. The Morgan fingerprint density at radius 1 is 1.73 bits per heavy atom. The number of carbonyl (C=O) groups excluding carboxylic acids is 1. The molecule has 0 bridgehead atoms. The summed E-state index contributed by atoms with van der Waals surface area (Å²) in [6.07, 6.45) is 1.58. The second kappa shape index (κ2) is 3.18. The maximum absolute atomic E-state index is 11.3.